The molecule has 12 heteroatoms. The molecule has 12 nitrogen and oxygen atoms in total. The number of amides is 3. The number of anilines is 5. The van der Waals surface area contributed by atoms with Crippen LogP contribution in [0.4, 0.5) is 33.6 Å². The summed E-state index contributed by atoms with van der Waals surface area (Å²) in [7, 11) is 0. The Balaban J connectivity index is 1.42. The summed E-state index contributed by atoms with van der Waals surface area (Å²) in [5, 5.41) is 12.7. The summed E-state index contributed by atoms with van der Waals surface area (Å²) in [5.74, 6) is -0.184. The van der Waals surface area contributed by atoms with Gasteiger partial charge in [0.05, 0.1) is 0 Å². The molecule has 1 aliphatic rings. The minimum Gasteiger partial charge on any atom is -0.444 e. The van der Waals surface area contributed by atoms with Gasteiger partial charge in [-0.05, 0) is 82.5 Å². The summed E-state index contributed by atoms with van der Waals surface area (Å²) >= 11 is 0. The van der Waals surface area contributed by atoms with E-state index in [1.54, 1.807) is 29.2 Å². The molecule has 0 saturated carbocycles. The normalized spacial score (nSPS) is 14.9. The molecule has 0 aliphatic carbocycles. The molecule has 3 amide bonds. The molecule has 2 aromatic carbocycles. The number of hydrogen-bond donors (Lipinski definition) is 5. The standard InChI is InChI=1S/C31H40N8O4/c1-5-15-33-27-25(18-34-29(38-27)37-21-13-11-20(12-14-21)26(32)40)28(41)36-23-9-6-8-22(17-23)35-24-10-7-16-39(19-24)30(42)43-31(2,3)4/h6,8-9,11-14,17-18,24,35H,5,7,10,15-16,19H2,1-4H3,(H2,32,40)(H,36,41)(H2,33,34,37,38). The van der Waals surface area contributed by atoms with Gasteiger partial charge >= 0.3 is 6.09 Å². The Morgan fingerprint density at radius 2 is 1.81 bits per heavy atom. The van der Waals surface area contributed by atoms with Crippen LogP contribution in [0.25, 0.3) is 0 Å². The van der Waals surface area contributed by atoms with Crippen molar-refractivity contribution in [1.29, 1.82) is 0 Å². The summed E-state index contributed by atoms with van der Waals surface area (Å²) in [5.41, 5.74) is 7.56. The quantitative estimate of drug-likeness (QED) is 0.214. The monoisotopic (exact) mass is 588 g/mol. The molecule has 1 unspecified atom stereocenters. The van der Waals surface area contributed by atoms with Gasteiger partial charge in [-0.15, -0.1) is 0 Å². The van der Waals surface area contributed by atoms with E-state index in [9.17, 15) is 14.4 Å². The van der Waals surface area contributed by atoms with Crippen LogP contribution < -0.4 is 27.0 Å². The zero-order valence-corrected chi connectivity index (χ0v) is 25.1. The number of nitrogens with one attached hydrogen (secondary N) is 4. The highest BCUT2D eigenvalue weighted by Crippen LogP contribution is 2.23. The summed E-state index contributed by atoms with van der Waals surface area (Å²) in [6.45, 7) is 9.41. The van der Waals surface area contributed by atoms with Crippen molar-refractivity contribution in [2.24, 2.45) is 5.73 Å². The van der Waals surface area contributed by atoms with E-state index in [1.807, 2.05) is 52.0 Å². The van der Waals surface area contributed by atoms with Crippen molar-refractivity contribution in [3.05, 3.63) is 65.9 Å². The lowest BCUT2D eigenvalue weighted by Crippen LogP contribution is -2.46. The molecular formula is C31H40N8O4. The molecule has 1 aliphatic heterocycles. The van der Waals surface area contributed by atoms with Gasteiger partial charge in [-0.3, -0.25) is 9.59 Å². The number of benzene rings is 2. The molecule has 228 valence electrons. The van der Waals surface area contributed by atoms with E-state index in [0.29, 0.717) is 53.9 Å². The number of nitrogens with zero attached hydrogens (tertiary/aromatic N) is 3. The van der Waals surface area contributed by atoms with E-state index < -0.39 is 11.5 Å². The van der Waals surface area contributed by atoms with Crippen molar-refractivity contribution in [3.63, 3.8) is 0 Å². The Kier molecular flexibility index (Phi) is 10.0. The van der Waals surface area contributed by atoms with Crippen molar-refractivity contribution < 1.29 is 19.1 Å². The molecule has 0 radical (unpaired) electrons. The molecule has 43 heavy (non-hydrogen) atoms. The molecule has 2 heterocycles. The van der Waals surface area contributed by atoms with E-state index >= 15 is 0 Å². The van der Waals surface area contributed by atoms with Crippen LogP contribution in [0.5, 0.6) is 0 Å². The van der Waals surface area contributed by atoms with E-state index in [-0.39, 0.29) is 18.0 Å². The first-order chi connectivity index (χ1) is 20.5. The second-order valence-corrected chi connectivity index (χ2v) is 11.4. The van der Waals surface area contributed by atoms with Crippen LogP contribution in [0.15, 0.2) is 54.7 Å². The Labute approximate surface area is 251 Å². The van der Waals surface area contributed by atoms with Crippen LogP contribution in [0.1, 0.15) is 67.7 Å². The predicted octanol–water partition coefficient (Wildman–Crippen LogP) is 5.20. The number of rotatable bonds is 10. The number of carbonyl (C=O) groups is 3. The van der Waals surface area contributed by atoms with E-state index in [0.717, 1.165) is 24.9 Å². The van der Waals surface area contributed by atoms with Gasteiger partial charge in [0, 0.05) is 54.5 Å². The average Bonchev–Trinajstić information content (AvgIpc) is 2.96. The van der Waals surface area contributed by atoms with Gasteiger partial charge < -0.3 is 36.6 Å². The number of aromatic nitrogens is 2. The molecule has 1 atom stereocenters. The zero-order chi connectivity index (χ0) is 31.0. The first-order valence-electron chi connectivity index (χ1n) is 14.4. The maximum absolute atomic E-state index is 13.3. The fraction of sp³-hybridized carbons (Fsp3) is 0.387. The third kappa shape index (κ3) is 9.06. The van der Waals surface area contributed by atoms with E-state index in [1.165, 1.54) is 6.20 Å². The minimum atomic E-state index is -0.544. The highest BCUT2D eigenvalue weighted by Gasteiger charge is 2.27. The maximum Gasteiger partial charge on any atom is 0.410 e. The summed E-state index contributed by atoms with van der Waals surface area (Å²) < 4.78 is 5.54. The SMILES string of the molecule is CCCNc1nc(Nc2ccc(C(N)=O)cc2)ncc1C(=O)Nc1cccc(NC2CCCN(C(=O)OC(C)(C)C)C2)c1. The van der Waals surface area contributed by atoms with Gasteiger partial charge in [0.1, 0.15) is 17.0 Å². The molecule has 1 fully saturated rings. The topological polar surface area (TPSA) is 164 Å². The van der Waals surface area contributed by atoms with Crippen LogP contribution in [0, 0.1) is 0 Å². The summed E-state index contributed by atoms with van der Waals surface area (Å²) in [6, 6.07) is 14.1. The molecule has 6 N–H and O–H groups in total. The second-order valence-electron chi connectivity index (χ2n) is 11.4. The van der Waals surface area contributed by atoms with Gasteiger partial charge in [0.25, 0.3) is 5.91 Å². The van der Waals surface area contributed by atoms with Crippen LogP contribution in [-0.4, -0.2) is 64.1 Å². The fourth-order valence-corrected chi connectivity index (χ4v) is 4.54. The van der Waals surface area contributed by atoms with Gasteiger partial charge in [-0.1, -0.05) is 13.0 Å². The lowest BCUT2D eigenvalue weighted by Gasteiger charge is -2.34. The molecule has 0 spiro atoms. The van der Waals surface area contributed by atoms with Crippen molar-refractivity contribution in [2.45, 2.75) is 58.6 Å². The van der Waals surface area contributed by atoms with Crippen LogP contribution >= 0.6 is 0 Å². The molecule has 0 bridgehead atoms. The fourth-order valence-electron chi connectivity index (χ4n) is 4.54. The van der Waals surface area contributed by atoms with E-state index in [4.69, 9.17) is 10.5 Å². The zero-order valence-electron chi connectivity index (χ0n) is 25.1. The number of likely N-dealkylation sites (tertiary alicyclic amines) is 1. The van der Waals surface area contributed by atoms with Gasteiger partial charge in [0.2, 0.25) is 11.9 Å². The predicted molar refractivity (Wildman–Crippen MR) is 168 cm³/mol. The Morgan fingerprint density at radius 1 is 1.07 bits per heavy atom. The maximum atomic E-state index is 13.3. The number of carbonyl (C=O) groups excluding carboxylic acids is 3. The lowest BCUT2D eigenvalue weighted by atomic mass is 10.1. The van der Waals surface area contributed by atoms with E-state index in [2.05, 4.69) is 31.2 Å². The number of primary amides is 1. The molecule has 4 rings (SSSR count). The van der Waals surface area contributed by atoms with Crippen LogP contribution in [0.2, 0.25) is 0 Å². The van der Waals surface area contributed by atoms with Crippen molar-refractivity contribution in [3.8, 4) is 0 Å². The first kappa shape index (κ1) is 31.1. The summed E-state index contributed by atoms with van der Waals surface area (Å²) in [4.78, 5) is 47.8. The second kappa shape index (κ2) is 13.9. The number of hydrogen-bond acceptors (Lipinski definition) is 9. The van der Waals surface area contributed by atoms with Gasteiger partial charge in [0.15, 0.2) is 0 Å². The Morgan fingerprint density at radius 3 is 2.51 bits per heavy atom. The average molecular weight is 589 g/mol. The number of nitrogens with two attached hydrogens (primary N) is 1. The first-order valence-corrected chi connectivity index (χ1v) is 14.4. The third-order valence-electron chi connectivity index (χ3n) is 6.57. The number of piperidine rings is 1. The minimum absolute atomic E-state index is 0.0532. The molecule has 3 aromatic rings. The van der Waals surface area contributed by atoms with Gasteiger partial charge in [-0.2, -0.15) is 4.98 Å². The Bertz CT molecular complexity index is 1440. The van der Waals surface area contributed by atoms with Crippen molar-refractivity contribution in [1.82, 2.24) is 14.9 Å². The Hall–Kier alpha value is -4.87. The largest absolute Gasteiger partial charge is 0.444 e. The molecule has 1 saturated heterocycles. The van der Waals surface area contributed by atoms with Crippen molar-refractivity contribution >= 4 is 46.7 Å². The third-order valence-corrected chi connectivity index (χ3v) is 6.57. The number of ether oxygens (including phenoxy) is 1. The lowest BCUT2D eigenvalue weighted by molar-refractivity contribution is 0.0206. The van der Waals surface area contributed by atoms with Crippen molar-refractivity contribution in [2.75, 3.05) is 40.9 Å². The molecule has 1 aromatic heterocycles. The smallest absolute Gasteiger partial charge is 0.410 e. The van der Waals surface area contributed by atoms with Gasteiger partial charge in [-0.25, -0.2) is 9.78 Å². The highest BCUT2D eigenvalue weighted by atomic mass is 16.6. The van der Waals surface area contributed by atoms with Crippen LogP contribution in [-0.2, 0) is 4.74 Å². The van der Waals surface area contributed by atoms with Crippen LogP contribution in [0.3, 0.4) is 0 Å². The highest BCUT2D eigenvalue weighted by molar-refractivity contribution is 6.07. The molecular weight excluding hydrogens is 548 g/mol. The summed E-state index contributed by atoms with van der Waals surface area (Å²) in [6.07, 6.45) is 3.77.